The van der Waals surface area contributed by atoms with Gasteiger partial charge in [-0.2, -0.15) is 4.98 Å². The van der Waals surface area contributed by atoms with Gasteiger partial charge in [-0.15, -0.1) is 0 Å². The molecule has 0 bridgehead atoms. The molecule has 1 atom stereocenters. The molecule has 1 aromatic rings. The molecule has 0 saturated heterocycles. The molecule has 2 rings (SSSR count). The Labute approximate surface area is 126 Å². The molecule has 1 fully saturated rings. The minimum atomic E-state index is 0.179. The largest absolute Gasteiger partial charge is 0.355 e. The molecule has 118 valence electrons. The third-order valence-corrected chi connectivity index (χ3v) is 4.11. The quantitative estimate of drug-likeness (QED) is 0.796. The summed E-state index contributed by atoms with van der Waals surface area (Å²) in [6.07, 6.45) is 7.01. The van der Waals surface area contributed by atoms with Crippen LogP contribution < -0.4 is 10.6 Å². The molecular formula is C15H26N4O2. The molecule has 1 aliphatic rings. The number of hydrogen-bond donors (Lipinski definition) is 2. The third-order valence-electron chi connectivity index (χ3n) is 4.11. The zero-order valence-electron chi connectivity index (χ0n) is 13.0. The Morgan fingerprint density at radius 1 is 1.38 bits per heavy atom. The van der Waals surface area contributed by atoms with Gasteiger partial charge >= 0.3 is 0 Å². The van der Waals surface area contributed by atoms with Gasteiger partial charge < -0.3 is 15.2 Å². The Hall–Kier alpha value is -1.43. The third kappa shape index (κ3) is 5.12. The fourth-order valence-corrected chi connectivity index (χ4v) is 2.65. The number of amides is 1. The van der Waals surface area contributed by atoms with Crippen LogP contribution in [0.5, 0.6) is 0 Å². The summed E-state index contributed by atoms with van der Waals surface area (Å²) in [6.45, 7) is 2.64. The maximum atomic E-state index is 12.0. The Morgan fingerprint density at radius 2 is 2.14 bits per heavy atom. The first kappa shape index (κ1) is 15.9. The average Bonchev–Trinajstić information content (AvgIpc) is 2.95. The van der Waals surface area contributed by atoms with E-state index in [9.17, 15) is 4.79 Å². The summed E-state index contributed by atoms with van der Waals surface area (Å²) in [7, 11) is 1.91. The number of nitrogens with one attached hydrogen (secondary N) is 2. The Balaban J connectivity index is 1.69. The lowest BCUT2D eigenvalue weighted by Gasteiger charge is -2.20. The van der Waals surface area contributed by atoms with Crippen LogP contribution >= 0.6 is 0 Å². The van der Waals surface area contributed by atoms with Crippen LogP contribution in [0.15, 0.2) is 4.52 Å². The molecule has 1 aliphatic carbocycles. The van der Waals surface area contributed by atoms with E-state index in [1.54, 1.807) is 0 Å². The standard InChI is InChI=1S/C15H26N4O2/c1-11(16-2)10-13-18-14(21-19-13)8-9-17-15(20)12-6-4-3-5-7-12/h11-12,16H,3-10H2,1-2H3,(H,17,20). The molecule has 6 heteroatoms. The number of likely N-dealkylation sites (N-methyl/N-ethyl adjacent to an activating group) is 1. The van der Waals surface area contributed by atoms with Crippen molar-refractivity contribution in [2.45, 2.75) is 57.9 Å². The molecule has 1 heterocycles. The van der Waals surface area contributed by atoms with Crippen LogP contribution in [0.25, 0.3) is 0 Å². The first-order valence-corrected chi connectivity index (χ1v) is 7.95. The molecule has 0 radical (unpaired) electrons. The van der Waals surface area contributed by atoms with Crippen LogP contribution in [0.3, 0.4) is 0 Å². The molecule has 1 amide bonds. The van der Waals surface area contributed by atoms with Gasteiger partial charge in [0.15, 0.2) is 5.82 Å². The van der Waals surface area contributed by atoms with E-state index in [0.29, 0.717) is 30.7 Å². The fraction of sp³-hybridized carbons (Fsp3) is 0.800. The molecule has 0 spiro atoms. The molecule has 21 heavy (non-hydrogen) atoms. The molecule has 1 saturated carbocycles. The summed E-state index contributed by atoms with van der Waals surface area (Å²) >= 11 is 0. The lowest BCUT2D eigenvalue weighted by molar-refractivity contribution is -0.125. The number of nitrogens with zero attached hydrogens (tertiary/aromatic N) is 2. The van der Waals surface area contributed by atoms with E-state index >= 15 is 0 Å². The lowest BCUT2D eigenvalue weighted by atomic mass is 9.89. The smallest absolute Gasteiger partial charge is 0.228 e. The van der Waals surface area contributed by atoms with Gasteiger partial charge in [-0.1, -0.05) is 24.4 Å². The van der Waals surface area contributed by atoms with Crippen molar-refractivity contribution in [2.24, 2.45) is 5.92 Å². The van der Waals surface area contributed by atoms with Crippen molar-refractivity contribution in [3.8, 4) is 0 Å². The van der Waals surface area contributed by atoms with Gasteiger partial charge in [0.1, 0.15) is 0 Å². The highest BCUT2D eigenvalue weighted by molar-refractivity contribution is 5.78. The monoisotopic (exact) mass is 294 g/mol. The van der Waals surface area contributed by atoms with Crippen molar-refractivity contribution in [3.63, 3.8) is 0 Å². The second-order valence-electron chi connectivity index (χ2n) is 5.87. The van der Waals surface area contributed by atoms with E-state index < -0.39 is 0 Å². The van der Waals surface area contributed by atoms with E-state index in [1.165, 1.54) is 19.3 Å². The Morgan fingerprint density at radius 3 is 2.86 bits per heavy atom. The average molecular weight is 294 g/mol. The number of rotatable bonds is 7. The number of carbonyl (C=O) groups is 1. The summed E-state index contributed by atoms with van der Waals surface area (Å²) in [5, 5.41) is 10.1. The first-order valence-electron chi connectivity index (χ1n) is 7.95. The Kier molecular flexibility index (Phi) is 6.17. The topological polar surface area (TPSA) is 80.0 Å². The normalized spacial score (nSPS) is 17.6. The van der Waals surface area contributed by atoms with Crippen molar-refractivity contribution >= 4 is 5.91 Å². The van der Waals surface area contributed by atoms with Gasteiger partial charge in [-0.25, -0.2) is 0 Å². The molecule has 0 aliphatic heterocycles. The van der Waals surface area contributed by atoms with Gasteiger partial charge in [-0.3, -0.25) is 4.79 Å². The van der Waals surface area contributed by atoms with Crippen molar-refractivity contribution in [2.75, 3.05) is 13.6 Å². The van der Waals surface area contributed by atoms with Crippen molar-refractivity contribution in [1.82, 2.24) is 20.8 Å². The van der Waals surface area contributed by atoms with Gasteiger partial charge in [0, 0.05) is 31.3 Å². The minimum absolute atomic E-state index is 0.179. The molecule has 1 aromatic heterocycles. The van der Waals surface area contributed by atoms with Crippen LogP contribution in [-0.4, -0.2) is 35.7 Å². The van der Waals surface area contributed by atoms with Crippen LogP contribution in [0.2, 0.25) is 0 Å². The van der Waals surface area contributed by atoms with E-state index in [0.717, 1.165) is 19.3 Å². The number of carbonyl (C=O) groups excluding carboxylic acids is 1. The molecule has 0 aromatic carbocycles. The van der Waals surface area contributed by atoms with Crippen LogP contribution in [0.4, 0.5) is 0 Å². The van der Waals surface area contributed by atoms with Crippen LogP contribution in [0, 0.1) is 5.92 Å². The van der Waals surface area contributed by atoms with E-state index in [-0.39, 0.29) is 11.8 Å². The summed E-state index contributed by atoms with van der Waals surface area (Å²) < 4.78 is 5.20. The van der Waals surface area contributed by atoms with Crippen molar-refractivity contribution < 1.29 is 9.32 Å². The summed E-state index contributed by atoms with van der Waals surface area (Å²) in [5.74, 6) is 1.69. The summed E-state index contributed by atoms with van der Waals surface area (Å²) in [6, 6.07) is 0.321. The molecular weight excluding hydrogens is 268 g/mol. The highest BCUT2D eigenvalue weighted by Crippen LogP contribution is 2.23. The lowest BCUT2D eigenvalue weighted by Crippen LogP contribution is -2.33. The van der Waals surface area contributed by atoms with E-state index in [2.05, 4.69) is 27.7 Å². The van der Waals surface area contributed by atoms with Gasteiger partial charge in [0.2, 0.25) is 11.8 Å². The zero-order valence-corrected chi connectivity index (χ0v) is 13.0. The first-order chi connectivity index (χ1) is 10.2. The predicted molar refractivity (Wildman–Crippen MR) is 79.8 cm³/mol. The van der Waals surface area contributed by atoms with Crippen molar-refractivity contribution in [1.29, 1.82) is 0 Å². The van der Waals surface area contributed by atoms with Gasteiger partial charge in [-0.05, 0) is 26.8 Å². The van der Waals surface area contributed by atoms with Gasteiger partial charge in [0.05, 0.1) is 0 Å². The maximum absolute atomic E-state index is 12.0. The van der Waals surface area contributed by atoms with Crippen molar-refractivity contribution in [3.05, 3.63) is 11.7 Å². The van der Waals surface area contributed by atoms with Crippen LogP contribution in [-0.2, 0) is 17.6 Å². The second-order valence-corrected chi connectivity index (χ2v) is 5.87. The minimum Gasteiger partial charge on any atom is -0.355 e. The predicted octanol–water partition coefficient (Wildman–Crippen LogP) is 1.46. The highest BCUT2D eigenvalue weighted by Gasteiger charge is 2.20. The summed E-state index contributed by atoms with van der Waals surface area (Å²) in [4.78, 5) is 16.3. The second kappa shape index (κ2) is 8.12. The van der Waals surface area contributed by atoms with Gasteiger partial charge in [0.25, 0.3) is 0 Å². The zero-order chi connectivity index (χ0) is 15.1. The Bertz CT molecular complexity index is 441. The SMILES string of the molecule is CNC(C)Cc1noc(CCNC(=O)C2CCCCC2)n1. The highest BCUT2D eigenvalue weighted by atomic mass is 16.5. The van der Waals surface area contributed by atoms with Crippen LogP contribution in [0.1, 0.15) is 50.7 Å². The number of hydrogen-bond acceptors (Lipinski definition) is 5. The van der Waals surface area contributed by atoms with E-state index in [1.807, 2.05) is 7.05 Å². The summed E-state index contributed by atoms with van der Waals surface area (Å²) in [5.41, 5.74) is 0. The molecule has 2 N–H and O–H groups in total. The number of aromatic nitrogens is 2. The maximum Gasteiger partial charge on any atom is 0.228 e. The van der Waals surface area contributed by atoms with E-state index in [4.69, 9.17) is 4.52 Å². The fourth-order valence-electron chi connectivity index (χ4n) is 2.65. The molecule has 6 nitrogen and oxygen atoms in total. The molecule has 1 unspecified atom stereocenters.